The van der Waals surface area contributed by atoms with E-state index in [0.717, 1.165) is 17.1 Å². The molecular weight excluding hydrogens is 234 g/mol. The molecule has 1 aromatic heterocycles. The zero-order chi connectivity index (χ0) is 13.4. The van der Waals surface area contributed by atoms with E-state index in [0.29, 0.717) is 0 Å². The van der Waals surface area contributed by atoms with E-state index < -0.39 is 0 Å². The molecule has 0 amide bonds. The van der Waals surface area contributed by atoms with Crippen LogP contribution in [0, 0.1) is 13.8 Å². The van der Waals surface area contributed by atoms with Crippen LogP contribution in [0.15, 0.2) is 52.9 Å². The van der Waals surface area contributed by atoms with Crippen molar-refractivity contribution in [2.45, 2.75) is 19.9 Å². The molecule has 2 aromatic carbocycles. The van der Waals surface area contributed by atoms with Crippen LogP contribution >= 0.6 is 0 Å². The smallest absolute Gasteiger partial charge is 0.125 e. The monoisotopic (exact) mass is 251 g/mol. The minimum absolute atomic E-state index is 0.222. The molecule has 0 aliphatic heterocycles. The number of rotatable bonds is 2. The lowest BCUT2D eigenvalue weighted by Crippen LogP contribution is -2.13. The number of hydrogen-bond acceptors (Lipinski definition) is 2. The highest BCUT2D eigenvalue weighted by Gasteiger charge is 2.17. The maximum Gasteiger partial charge on any atom is 0.125 e. The maximum absolute atomic E-state index is 6.40. The molecule has 1 unspecified atom stereocenters. The highest BCUT2D eigenvalue weighted by atomic mass is 16.3. The Bertz CT molecular complexity index is 727. The number of hydrogen-bond donors (Lipinski definition) is 1. The van der Waals surface area contributed by atoms with Crippen LogP contribution in [0.5, 0.6) is 0 Å². The van der Waals surface area contributed by atoms with Crippen molar-refractivity contribution in [3.8, 4) is 0 Å². The largest absolute Gasteiger partial charge is 0.464 e. The van der Waals surface area contributed by atoms with Gasteiger partial charge in [0.25, 0.3) is 0 Å². The summed E-state index contributed by atoms with van der Waals surface area (Å²) in [5.41, 5.74) is 8.74. The lowest BCUT2D eigenvalue weighted by atomic mass is 9.93. The molecule has 19 heavy (non-hydrogen) atoms. The molecule has 0 fully saturated rings. The minimum atomic E-state index is -0.222. The summed E-state index contributed by atoms with van der Waals surface area (Å²) in [5.74, 6) is 1.71. The van der Waals surface area contributed by atoms with Crippen LogP contribution in [0.25, 0.3) is 10.8 Å². The van der Waals surface area contributed by atoms with Crippen LogP contribution in [0.1, 0.15) is 28.7 Å². The Morgan fingerprint density at radius 3 is 2.47 bits per heavy atom. The lowest BCUT2D eigenvalue weighted by Gasteiger charge is -2.15. The Balaban J connectivity index is 2.21. The van der Waals surface area contributed by atoms with Gasteiger partial charge in [0.15, 0.2) is 0 Å². The first-order valence-electron chi connectivity index (χ1n) is 6.47. The van der Waals surface area contributed by atoms with Crippen LogP contribution in [0.3, 0.4) is 0 Å². The van der Waals surface area contributed by atoms with E-state index in [1.54, 1.807) is 0 Å². The predicted molar refractivity (Wildman–Crippen MR) is 78.2 cm³/mol. The Kier molecular flexibility index (Phi) is 2.88. The van der Waals surface area contributed by atoms with Crippen LogP contribution in [0.2, 0.25) is 0 Å². The molecular formula is C17H17NO. The molecule has 1 heterocycles. The Morgan fingerprint density at radius 1 is 0.947 bits per heavy atom. The molecule has 1 atom stereocenters. The van der Waals surface area contributed by atoms with E-state index in [-0.39, 0.29) is 6.04 Å². The summed E-state index contributed by atoms with van der Waals surface area (Å²) in [7, 11) is 0. The molecule has 0 aliphatic carbocycles. The number of furan rings is 1. The molecule has 2 N–H and O–H groups in total. The highest BCUT2D eigenvalue weighted by molar-refractivity contribution is 5.87. The molecule has 2 heteroatoms. The highest BCUT2D eigenvalue weighted by Crippen LogP contribution is 2.30. The fraction of sp³-hybridized carbons (Fsp3) is 0.176. The van der Waals surface area contributed by atoms with E-state index in [1.807, 2.05) is 31.2 Å². The van der Waals surface area contributed by atoms with Crippen LogP contribution in [-0.2, 0) is 0 Å². The summed E-state index contributed by atoms with van der Waals surface area (Å²) in [6.07, 6.45) is 0. The minimum Gasteiger partial charge on any atom is -0.464 e. The van der Waals surface area contributed by atoms with Gasteiger partial charge in [-0.2, -0.15) is 0 Å². The van der Waals surface area contributed by atoms with Crippen molar-refractivity contribution in [2.75, 3.05) is 0 Å². The number of benzene rings is 2. The molecule has 0 aliphatic rings. The van der Waals surface area contributed by atoms with Crippen molar-refractivity contribution in [2.24, 2.45) is 5.73 Å². The molecule has 2 nitrogen and oxygen atoms in total. The first kappa shape index (κ1) is 12.0. The van der Waals surface area contributed by atoms with E-state index in [4.69, 9.17) is 10.2 Å². The predicted octanol–water partition coefficient (Wildman–Crippen LogP) is 4.10. The molecule has 3 rings (SSSR count). The second-order valence-electron chi connectivity index (χ2n) is 4.94. The van der Waals surface area contributed by atoms with Gasteiger partial charge in [-0.05, 0) is 47.9 Å². The second kappa shape index (κ2) is 4.56. The average Bonchev–Trinajstić information content (AvgIpc) is 2.85. The van der Waals surface area contributed by atoms with Gasteiger partial charge >= 0.3 is 0 Å². The lowest BCUT2D eigenvalue weighted by molar-refractivity contribution is 0.466. The van der Waals surface area contributed by atoms with E-state index in [2.05, 4.69) is 31.2 Å². The Labute approximate surface area is 112 Å². The van der Waals surface area contributed by atoms with Gasteiger partial charge in [0.05, 0.1) is 6.04 Å². The van der Waals surface area contributed by atoms with E-state index >= 15 is 0 Å². The normalized spacial score (nSPS) is 12.8. The van der Waals surface area contributed by atoms with E-state index in [1.165, 1.54) is 16.3 Å². The number of nitrogens with two attached hydrogens (primary N) is 1. The average molecular weight is 251 g/mol. The van der Waals surface area contributed by atoms with Crippen molar-refractivity contribution in [3.05, 3.63) is 71.2 Å². The molecule has 0 bridgehead atoms. The third-order valence-electron chi connectivity index (χ3n) is 3.57. The summed E-state index contributed by atoms with van der Waals surface area (Å²) in [6, 6.07) is 16.3. The van der Waals surface area contributed by atoms with Crippen molar-refractivity contribution in [1.82, 2.24) is 0 Å². The molecule has 0 spiro atoms. The van der Waals surface area contributed by atoms with Gasteiger partial charge in [-0.15, -0.1) is 0 Å². The summed E-state index contributed by atoms with van der Waals surface area (Å²) in [6.45, 7) is 4.03. The maximum atomic E-state index is 6.40. The molecule has 0 radical (unpaired) electrons. The van der Waals surface area contributed by atoms with Gasteiger partial charge in [-0.3, -0.25) is 0 Å². The summed E-state index contributed by atoms with van der Waals surface area (Å²) in [4.78, 5) is 0. The first-order chi connectivity index (χ1) is 9.16. The van der Waals surface area contributed by atoms with Crippen LogP contribution < -0.4 is 5.73 Å². The fourth-order valence-electron chi connectivity index (χ4n) is 2.58. The molecule has 96 valence electrons. The van der Waals surface area contributed by atoms with Crippen LogP contribution in [-0.4, -0.2) is 0 Å². The Hall–Kier alpha value is -2.06. The van der Waals surface area contributed by atoms with Gasteiger partial charge in [-0.25, -0.2) is 0 Å². The standard InChI is InChI=1S/C17H17NO/c1-11-7-9-13-5-3-4-6-14(13)16(11)17(18)15-10-8-12(2)19-15/h3-10,17H,18H2,1-2H3. The van der Waals surface area contributed by atoms with Gasteiger partial charge in [0.1, 0.15) is 11.5 Å². The third-order valence-corrected chi connectivity index (χ3v) is 3.57. The van der Waals surface area contributed by atoms with Crippen molar-refractivity contribution in [3.63, 3.8) is 0 Å². The van der Waals surface area contributed by atoms with Crippen molar-refractivity contribution in [1.29, 1.82) is 0 Å². The van der Waals surface area contributed by atoms with E-state index in [9.17, 15) is 0 Å². The van der Waals surface area contributed by atoms with Gasteiger partial charge < -0.3 is 10.2 Å². The topological polar surface area (TPSA) is 39.2 Å². The second-order valence-corrected chi connectivity index (χ2v) is 4.94. The zero-order valence-corrected chi connectivity index (χ0v) is 11.2. The first-order valence-corrected chi connectivity index (χ1v) is 6.47. The van der Waals surface area contributed by atoms with Gasteiger partial charge in [-0.1, -0.05) is 36.4 Å². The summed E-state index contributed by atoms with van der Waals surface area (Å²) in [5, 5.41) is 2.41. The van der Waals surface area contributed by atoms with Crippen LogP contribution in [0.4, 0.5) is 0 Å². The van der Waals surface area contributed by atoms with Crippen molar-refractivity contribution >= 4 is 10.8 Å². The fourth-order valence-corrected chi connectivity index (χ4v) is 2.58. The quantitative estimate of drug-likeness (QED) is 0.744. The van der Waals surface area contributed by atoms with Gasteiger partial charge in [0.2, 0.25) is 0 Å². The number of aryl methyl sites for hydroxylation is 2. The van der Waals surface area contributed by atoms with Gasteiger partial charge in [0, 0.05) is 0 Å². The number of fused-ring (bicyclic) bond motifs is 1. The zero-order valence-electron chi connectivity index (χ0n) is 11.2. The molecule has 0 saturated carbocycles. The molecule has 3 aromatic rings. The molecule has 0 saturated heterocycles. The third kappa shape index (κ3) is 2.04. The summed E-state index contributed by atoms with van der Waals surface area (Å²) < 4.78 is 5.68. The summed E-state index contributed by atoms with van der Waals surface area (Å²) >= 11 is 0. The Morgan fingerprint density at radius 2 is 1.74 bits per heavy atom. The van der Waals surface area contributed by atoms with Crippen molar-refractivity contribution < 1.29 is 4.42 Å². The SMILES string of the molecule is Cc1ccc(C(N)c2c(C)ccc3ccccc23)o1.